The third-order valence-corrected chi connectivity index (χ3v) is 4.84. The van der Waals surface area contributed by atoms with Crippen LogP contribution in [0.1, 0.15) is 15.9 Å². The first-order chi connectivity index (χ1) is 12.6. The molecule has 0 aliphatic rings. The van der Waals surface area contributed by atoms with E-state index in [9.17, 15) is 15.0 Å². The molecule has 0 heterocycles. The number of fused-ring (bicyclic) bond motifs is 2. The largest absolute Gasteiger partial charge is 0.393 e. The van der Waals surface area contributed by atoms with Gasteiger partial charge in [-0.15, -0.1) is 0 Å². The molecule has 3 nitrogen and oxygen atoms in total. The van der Waals surface area contributed by atoms with Gasteiger partial charge in [0.1, 0.15) is 0 Å². The van der Waals surface area contributed by atoms with Gasteiger partial charge in [-0.2, -0.15) is 0 Å². The average molecular weight is 342 g/mol. The van der Waals surface area contributed by atoms with E-state index in [0.29, 0.717) is 11.1 Å². The van der Waals surface area contributed by atoms with E-state index in [1.807, 2.05) is 60.7 Å². The SMILES string of the molecule is O=C(c1ccc2ccccc2c1)C(O)(CO)c1ccc2ccccc2c1. The predicted molar refractivity (Wildman–Crippen MR) is 103 cm³/mol. The highest BCUT2D eigenvalue weighted by Crippen LogP contribution is 2.29. The fourth-order valence-electron chi connectivity index (χ4n) is 3.31. The van der Waals surface area contributed by atoms with Gasteiger partial charge in [-0.3, -0.25) is 4.79 Å². The number of rotatable bonds is 4. The second kappa shape index (κ2) is 6.37. The number of Topliss-reactive ketones (excluding diaryl/α,β-unsaturated/α-hetero) is 1. The van der Waals surface area contributed by atoms with Crippen LogP contribution in [-0.4, -0.2) is 22.6 Å². The van der Waals surface area contributed by atoms with Crippen molar-refractivity contribution in [2.24, 2.45) is 0 Å². The summed E-state index contributed by atoms with van der Waals surface area (Å²) in [6, 6.07) is 26.0. The summed E-state index contributed by atoms with van der Waals surface area (Å²) in [7, 11) is 0. The van der Waals surface area contributed by atoms with Gasteiger partial charge in [-0.1, -0.05) is 72.8 Å². The van der Waals surface area contributed by atoms with E-state index >= 15 is 0 Å². The Labute approximate surface area is 151 Å². The van der Waals surface area contributed by atoms with Crippen LogP contribution in [0.4, 0.5) is 0 Å². The first-order valence-electron chi connectivity index (χ1n) is 8.48. The Morgan fingerprint density at radius 2 is 1.27 bits per heavy atom. The zero-order valence-electron chi connectivity index (χ0n) is 14.1. The van der Waals surface area contributed by atoms with Gasteiger partial charge in [0.2, 0.25) is 5.78 Å². The molecule has 0 aromatic heterocycles. The normalized spacial score (nSPS) is 13.6. The van der Waals surface area contributed by atoms with Crippen LogP contribution in [0.25, 0.3) is 21.5 Å². The van der Waals surface area contributed by atoms with Crippen molar-refractivity contribution in [2.45, 2.75) is 5.60 Å². The first-order valence-corrected chi connectivity index (χ1v) is 8.48. The van der Waals surface area contributed by atoms with Crippen LogP contribution in [0.3, 0.4) is 0 Å². The summed E-state index contributed by atoms with van der Waals surface area (Å²) in [5, 5.41) is 24.8. The van der Waals surface area contributed by atoms with Crippen molar-refractivity contribution < 1.29 is 15.0 Å². The molecule has 0 fully saturated rings. The second-order valence-electron chi connectivity index (χ2n) is 6.47. The lowest BCUT2D eigenvalue weighted by Crippen LogP contribution is -2.39. The maximum absolute atomic E-state index is 13.1. The zero-order valence-corrected chi connectivity index (χ0v) is 14.1. The minimum absolute atomic E-state index is 0.369. The molecule has 0 aliphatic carbocycles. The van der Waals surface area contributed by atoms with Crippen LogP contribution < -0.4 is 0 Å². The van der Waals surface area contributed by atoms with Crippen molar-refractivity contribution in [2.75, 3.05) is 6.61 Å². The van der Waals surface area contributed by atoms with E-state index in [0.717, 1.165) is 21.5 Å². The van der Waals surface area contributed by atoms with Crippen molar-refractivity contribution in [3.8, 4) is 0 Å². The number of carbonyl (C=O) groups excluding carboxylic acids is 1. The Balaban J connectivity index is 1.80. The van der Waals surface area contributed by atoms with Crippen molar-refractivity contribution in [3.63, 3.8) is 0 Å². The van der Waals surface area contributed by atoms with E-state index < -0.39 is 18.0 Å². The fourth-order valence-corrected chi connectivity index (χ4v) is 3.31. The third-order valence-electron chi connectivity index (χ3n) is 4.84. The van der Waals surface area contributed by atoms with Crippen molar-refractivity contribution in [3.05, 3.63) is 96.1 Å². The van der Waals surface area contributed by atoms with Gasteiger partial charge in [-0.25, -0.2) is 0 Å². The van der Waals surface area contributed by atoms with E-state index in [1.54, 1.807) is 24.3 Å². The summed E-state index contributed by atoms with van der Waals surface area (Å²) >= 11 is 0. The molecule has 2 N–H and O–H groups in total. The number of benzene rings is 4. The summed E-state index contributed by atoms with van der Waals surface area (Å²) < 4.78 is 0. The lowest BCUT2D eigenvalue weighted by atomic mass is 9.85. The summed E-state index contributed by atoms with van der Waals surface area (Å²) in [6.07, 6.45) is 0. The lowest BCUT2D eigenvalue weighted by Gasteiger charge is -2.25. The van der Waals surface area contributed by atoms with Crippen LogP contribution in [0.5, 0.6) is 0 Å². The molecule has 0 saturated carbocycles. The van der Waals surface area contributed by atoms with Crippen molar-refractivity contribution in [1.29, 1.82) is 0 Å². The molecule has 4 rings (SSSR count). The monoisotopic (exact) mass is 342 g/mol. The highest BCUT2D eigenvalue weighted by molar-refractivity contribution is 6.05. The predicted octanol–water partition coefficient (Wildman–Crippen LogP) is 4.06. The Hall–Kier alpha value is -3.01. The van der Waals surface area contributed by atoms with Gasteiger partial charge in [-0.05, 0) is 39.2 Å². The van der Waals surface area contributed by atoms with Crippen LogP contribution in [0.15, 0.2) is 84.9 Å². The minimum Gasteiger partial charge on any atom is -0.393 e. The quantitative estimate of drug-likeness (QED) is 0.550. The standard InChI is InChI=1S/C23H18O3/c24-15-23(26,21-12-11-17-6-2-4-8-19(17)14-21)22(25)20-10-9-16-5-1-3-7-18(16)13-20/h1-14,24,26H,15H2. The molecule has 0 aliphatic heterocycles. The summed E-state index contributed by atoms with van der Waals surface area (Å²) in [5.41, 5.74) is -1.22. The molecule has 1 unspecified atom stereocenters. The summed E-state index contributed by atoms with van der Waals surface area (Å²) in [6.45, 7) is -0.684. The molecule has 1 atom stereocenters. The first kappa shape index (κ1) is 16.5. The Kier molecular flexibility index (Phi) is 4.03. The molecule has 4 aromatic carbocycles. The van der Waals surface area contributed by atoms with E-state index in [-0.39, 0.29) is 0 Å². The summed E-state index contributed by atoms with van der Waals surface area (Å²) in [5.74, 6) is -0.513. The number of ketones is 1. The minimum atomic E-state index is -1.98. The molecule has 0 saturated heterocycles. The van der Waals surface area contributed by atoms with Gasteiger partial charge < -0.3 is 10.2 Å². The Morgan fingerprint density at radius 3 is 1.88 bits per heavy atom. The maximum Gasteiger partial charge on any atom is 0.201 e. The number of hydrogen-bond acceptors (Lipinski definition) is 3. The van der Waals surface area contributed by atoms with E-state index in [2.05, 4.69) is 0 Å². The van der Waals surface area contributed by atoms with Gasteiger partial charge in [0.05, 0.1) is 6.61 Å². The molecule has 0 bridgehead atoms. The van der Waals surface area contributed by atoms with Crippen LogP contribution >= 0.6 is 0 Å². The molecule has 0 spiro atoms. The number of aliphatic hydroxyl groups is 2. The van der Waals surface area contributed by atoms with Crippen molar-refractivity contribution in [1.82, 2.24) is 0 Å². The molecular formula is C23H18O3. The van der Waals surface area contributed by atoms with Gasteiger partial charge in [0.25, 0.3) is 0 Å². The number of carbonyl (C=O) groups is 1. The fraction of sp³-hybridized carbons (Fsp3) is 0.0870. The molecule has 128 valence electrons. The van der Waals surface area contributed by atoms with Crippen LogP contribution in [0, 0.1) is 0 Å². The molecule has 3 heteroatoms. The lowest BCUT2D eigenvalue weighted by molar-refractivity contribution is -0.00391. The van der Waals surface area contributed by atoms with Gasteiger partial charge in [0.15, 0.2) is 5.60 Å². The molecular weight excluding hydrogens is 324 g/mol. The maximum atomic E-state index is 13.1. The smallest absolute Gasteiger partial charge is 0.201 e. The average Bonchev–Trinajstić information content (AvgIpc) is 2.71. The van der Waals surface area contributed by atoms with Crippen LogP contribution in [-0.2, 0) is 5.60 Å². The van der Waals surface area contributed by atoms with Gasteiger partial charge in [0, 0.05) is 5.56 Å². The second-order valence-corrected chi connectivity index (χ2v) is 6.47. The topological polar surface area (TPSA) is 57.5 Å². The molecule has 0 amide bonds. The molecule has 0 radical (unpaired) electrons. The van der Waals surface area contributed by atoms with E-state index in [4.69, 9.17) is 0 Å². The van der Waals surface area contributed by atoms with E-state index in [1.165, 1.54) is 0 Å². The highest BCUT2D eigenvalue weighted by Gasteiger charge is 2.38. The number of aliphatic hydroxyl groups excluding tert-OH is 1. The van der Waals surface area contributed by atoms with Crippen LogP contribution in [0.2, 0.25) is 0 Å². The van der Waals surface area contributed by atoms with Gasteiger partial charge >= 0.3 is 0 Å². The third kappa shape index (κ3) is 2.68. The molecule has 4 aromatic rings. The molecule has 26 heavy (non-hydrogen) atoms. The zero-order chi connectivity index (χ0) is 18.1. The van der Waals surface area contributed by atoms with Crippen molar-refractivity contribution >= 4 is 27.3 Å². The number of hydrogen-bond donors (Lipinski definition) is 2. The summed E-state index contributed by atoms with van der Waals surface area (Å²) in [4.78, 5) is 13.1. The Bertz CT molecular complexity index is 1120. The highest BCUT2D eigenvalue weighted by atomic mass is 16.3. The Morgan fingerprint density at radius 1 is 0.731 bits per heavy atom.